The summed E-state index contributed by atoms with van der Waals surface area (Å²) in [4.78, 5) is 29.1. The van der Waals surface area contributed by atoms with Gasteiger partial charge in [0.05, 0.1) is 12.7 Å². The van der Waals surface area contributed by atoms with Crippen LogP contribution in [0.1, 0.15) is 52.0 Å². The van der Waals surface area contributed by atoms with Gasteiger partial charge in [-0.1, -0.05) is 6.42 Å². The van der Waals surface area contributed by atoms with Crippen LogP contribution in [0, 0.1) is 11.8 Å². The number of piperidine rings is 1. The molecule has 1 N–H and O–H groups in total. The van der Waals surface area contributed by atoms with Crippen molar-refractivity contribution in [2.24, 2.45) is 11.8 Å². The molecule has 2 fully saturated rings. The first-order valence-corrected chi connectivity index (χ1v) is 10.3. The molecule has 150 valence electrons. The number of carbonyl (C=O) groups excluding carboxylic acids is 2. The molecule has 27 heavy (non-hydrogen) atoms. The van der Waals surface area contributed by atoms with Gasteiger partial charge in [0.25, 0.3) is 0 Å². The maximum Gasteiger partial charge on any atom is 0.239 e. The molecular weight excluding hydrogens is 342 g/mol. The molecule has 3 rings (SSSR count). The Kier molecular flexibility index (Phi) is 6.52. The van der Waals surface area contributed by atoms with Crippen LogP contribution < -0.4 is 5.32 Å². The van der Waals surface area contributed by atoms with Gasteiger partial charge in [-0.05, 0) is 58.5 Å². The van der Waals surface area contributed by atoms with E-state index >= 15 is 0 Å². The van der Waals surface area contributed by atoms with Crippen LogP contribution >= 0.6 is 0 Å². The molecule has 2 aliphatic rings. The Morgan fingerprint density at radius 3 is 2.67 bits per heavy atom. The predicted octanol–water partition coefficient (Wildman–Crippen LogP) is 2.37. The van der Waals surface area contributed by atoms with Crippen LogP contribution in [0.5, 0.6) is 0 Å². The van der Waals surface area contributed by atoms with Crippen molar-refractivity contribution in [2.75, 3.05) is 38.5 Å². The lowest BCUT2D eigenvalue weighted by Crippen LogP contribution is -2.43. The molecule has 0 saturated carbocycles. The third-order valence-electron chi connectivity index (χ3n) is 5.95. The summed E-state index contributed by atoms with van der Waals surface area (Å²) >= 11 is 0. The molecule has 7 heteroatoms. The highest BCUT2D eigenvalue weighted by Gasteiger charge is 2.34. The first-order chi connectivity index (χ1) is 13.0. The van der Waals surface area contributed by atoms with E-state index in [9.17, 15) is 9.59 Å². The number of rotatable bonds is 5. The highest BCUT2D eigenvalue weighted by molar-refractivity contribution is 5.91. The second-order valence-corrected chi connectivity index (χ2v) is 8.28. The van der Waals surface area contributed by atoms with Gasteiger partial charge in [-0.25, -0.2) is 4.68 Å². The molecule has 1 atom stereocenters. The number of hydrogen-bond donors (Lipinski definition) is 1. The first-order valence-electron chi connectivity index (χ1n) is 10.3. The molecule has 0 spiro atoms. The highest BCUT2D eigenvalue weighted by Crippen LogP contribution is 2.31. The summed E-state index contributed by atoms with van der Waals surface area (Å²) in [5.74, 6) is 1.71. The van der Waals surface area contributed by atoms with Crippen LogP contribution in [0.3, 0.4) is 0 Å². The molecule has 1 aromatic heterocycles. The van der Waals surface area contributed by atoms with Crippen molar-refractivity contribution in [3.63, 3.8) is 0 Å². The second kappa shape index (κ2) is 8.87. The SMILES string of the molecule is CC(C)n1nccc1NC(=O)CN1CCC(C2CCCCN(C)C2=O)CC1. The lowest BCUT2D eigenvalue weighted by Gasteiger charge is -2.35. The van der Waals surface area contributed by atoms with Crippen molar-refractivity contribution in [1.82, 2.24) is 19.6 Å². The minimum Gasteiger partial charge on any atom is -0.346 e. The lowest BCUT2D eigenvalue weighted by atomic mass is 9.81. The van der Waals surface area contributed by atoms with E-state index in [1.54, 1.807) is 6.20 Å². The number of amides is 2. The van der Waals surface area contributed by atoms with Gasteiger partial charge in [0, 0.05) is 31.6 Å². The molecule has 0 aliphatic carbocycles. The van der Waals surface area contributed by atoms with Crippen LogP contribution in [-0.2, 0) is 9.59 Å². The van der Waals surface area contributed by atoms with Crippen molar-refractivity contribution in [2.45, 2.75) is 52.0 Å². The second-order valence-electron chi connectivity index (χ2n) is 8.28. The molecule has 2 amide bonds. The number of hydrogen-bond acceptors (Lipinski definition) is 4. The summed E-state index contributed by atoms with van der Waals surface area (Å²) in [5.41, 5.74) is 0. The fourth-order valence-corrected chi connectivity index (χ4v) is 4.39. The molecule has 7 nitrogen and oxygen atoms in total. The summed E-state index contributed by atoms with van der Waals surface area (Å²) in [6.45, 7) is 7.14. The third kappa shape index (κ3) is 4.89. The fraction of sp³-hybridized carbons (Fsp3) is 0.750. The van der Waals surface area contributed by atoms with Crippen LogP contribution in [0.2, 0.25) is 0 Å². The zero-order chi connectivity index (χ0) is 19.4. The van der Waals surface area contributed by atoms with Crippen LogP contribution in [0.4, 0.5) is 5.82 Å². The van der Waals surface area contributed by atoms with Crippen molar-refractivity contribution >= 4 is 17.6 Å². The van der Waals surface area contributed by atoms with Crippen molar-refractivity contribution < 1.29 is 9.59 Å². The molecular formula is C20H33N5O2. The van der Waals surface area contributed by atoms with Crippen molar-refractivity contribution in [1.29, 1.82) is 0 Å². The Morgan fingerprint density at radius 2 is 1.96 bits per heavy atom. The van der Waals surface area contributed by atoms with E-state index in [-0.39, 0.29) is 17.9 Å². The zero-order valence-corrected chi connectivity index (χ0v) is 16.9. The van der Waals surface area contributed by atoms with Crippen molar-refractivity contribution in [3.8, 4) is 0 Å². The molecule has 3 heterocycles. The van der Waals surface area contributed by atoms with Crippen LogP contribution in [0.25, 0.3) is 0 Å². The minimum atomic E-state index is 0.00104. The average Bonchev–Trinajstić information content (AvgIpc) is 3.03. The topological polar surface area (TPSA) is 70.5 Å². The van der Waals surface area contributed by atoms with Gasteiger partial charge >= 0.3 is 0 Å². The maximum atomic E-state index is 12.6. The van der Waals surface area contributed by atoms with Crippen LogP contribution in [-0.4, -0.2) is 64.6 Å². The third-order valence-corrected chi connectivity index (χ3v) is 5.95. The number of nitrogens with zero attached hydrogens (tertiary/aromatic N) is 4. The average molecular weight is 376 g/mol. The smallest absolute Gasteiger partial charge is 0.239 e. The molecule has 2 saturated heterocycles. The quantitative estimate of drug-likeness (QED) is 0.858. The van der Waals surface area contributed by atoms with Gasteiger partial charge < -0.3 is 10.2 Å². The molecule has 0 bridgehead atoms. The molecule has 2 aliphatic heterocycles. The number of carbonyl (C=O) groups is 2. The van der Waals surface area contributed by atoms with Gasteiger partial charge in [-0.3, -0.25) is 14.5 Å². The number of anilines is 1. The largest absolute Gasteiger partial charge is 0.346 e. The lowest BCUT2D eigenvalue weighted by molar-refractivity contribution is -0.136. The van der Waals surface area contributed by atoms with E-state index < -0.39 is 0 Å². The van der Waals surface area contributed by atoms with Gasteiger partial charge in [-0.2, -0.15) is 5.10 Å². The van der Waals surface area contributed by atoms with E-state index in [4.69, 9.17) is 0 Å². The van der Waals surface area contributed by atoms with Gasteiger partial charge in [-0.15, -0.1) is 0 Å². The zero-order valence-electron chi connectivity index (χ0n) is 16.9. The standard InChI is InChI=1S/C20H33N5O2/c1-15(2)25-18(7-10-21-25)22-19(26)14-24-12-8-16(9-13-24)17-6-4-5-11-23(3)20(17)27/h7,10,15-17H,4-6,8-9,11-14H2,1-3H3,(H,22,26). The summed E-state index contributed by atoms with van der Waals surface area (Å²) in [5, 5.41) is 7.22. The van der Waals surface area contributed by atoms with E-state index in [0.717, 1.165) is 57.6 Å². The number of likely N-dealkylation sites (tertiary alicyclic amines) is 2. The summed E-state index contributed by atoms with van der Waals surface area (Å²) in [6, 6.07) is 2.04. The Hall–Kier alpha value is -1.89. The maximum absolute atomic E-state index is 12.6. The van der Waals surface area contributed by atoms with Crippen LogP contribution in [0.15, 0.2) is 12.3 Å². The Bertz CT molecular complexity index is 649. The van der Waals surface area contributed by atoms with Gasteiger partial charge in [0.2, 0.25) is 11.8 Å². The molecule has 1 aromatic rings. The summed E-state index contributed by atoms with van der Waals surface area (Å²) in [6.07, 6.45) is 7.00. The normalized spacial score (nSPS) is 22.9. The monoisotopic (exact) mass is 375 g/mol. The minimum absolute atomic E-state index is 0.00104. The van der Waals surface area contributed by atoms with E-state index in [0.29, 0.717) is 18.4 Å². The van der Waals surface area contributed by atoms with E-state index in [1.807, 2.05) is 36.5 Å². The summed E-state index contributed by atoms with van der Waals surface area (Å²) in [7, 11) is 1.93. The first kappa shape index (κ1) is 19.9. The Morgan fingerprint density at radius 1 is 1.22 bits per heavy atom. The van der Waals surface area contributed by atoms with E-state index in [1.165, 1.54) is 0 Å². The summed E-state index contributed by atoms with van der Waals surface area (Å²) < 4.78 is 1.82. The number of nitrogens with one attached hydrogen (secondary N) is 1. The molecule has 0 aromatic carbocycles. The Labute approximate surface area is 162 Å². The van der Waals surface area contributed by atoms with Crippen molar-refractivity contribution in [3.05, 3.63) is 12.3 Å². The van der Waals surface area contributed by atoms with Gasteiger partial charge in [0.15, 0.2) is 0 Å². The predicted molar refractivity (Wildman–Crippen MR) is 105 cm³/mol. The number of aromatic nitrogens is 2. The molecule has 0 radical (unpaired) electrons. The fourth-order valence-electron chi connectivity index (χ4n) is 4.39. The van der Waals surface area contributed by atoms with Gasteiger partial charge in [0.1, 0.15) is 5.82 Å². The van der Waals surface area contributed by atoms with E-state index in [2.05, 4.69) is 15.3 Å². The Balaban J connectivity index is 1.48. The molecule has 1 unspecified atom stereocenters. The highest BCUT2D eigenvalue weighted by atomic mass is 16.2.